The molecule has 0 saturated heterocycles. The minimum absolute atomic E-state index is 0.175. The molecule has 0 N–H and O–H groups in total. The SMILES string of the molecule is C=C(C)C(=O)OCCOCCc1ccc(N(c2ccc(/C=C/c3ccc(N(c4ccc(CCOCCOC(=O)C(=C)C)cc4)c4ccc(CCOCCOC(=O)C(=C)C)cc4)cc3)cc2)c2ccc(CCOCCOC(=O)C(=C)C)cc2)cc1. The highest BCUT2D eigenvalue weighted by Crippen LogP contribution is 2.37. The van der Waals surface area contributed by atoms with Gasteiger partial charge in [0.2, 0.25) is 0 Å². The largest absolute Gasteiger partial charge is 0.460 e. The number of ether oxygens (including phenoxy) is 8. The predicted molar refractivity (Wildman–Crippen MR) is 332 cm³/mol. The average Bonchev–Trinajstić information content (AvgIpc) is 2.75. The Morgan fingerprint density at radius 2 is 0.488 bits per heavy atom. The van der Waals surface area contributed by atoms with Crippen LogP contribution in [0.15, 0.2) is 194 Å². The molecule has 0 amide bonds. The second-order valence-electron chi connectivity index (χ2n) is 20.0. The maximum Gasteiger partial charge on any atom is 0.333 e. The van der Waals surface area contributed by atoms with E-state index in [2.05, 4.69) is 194 Å². The summed E-state index contributed by atoms with van der Waals surface area (Å²) < 4.78 is 43.5. The van der Waals surface area contributed by atoms with Gasteiger partial charge in [-0.2, -0.15) is 0 Å². The van der Waals surface area contributed by atoms with Gasteiger partial charge in [-0.25, -0.2) is 19.2 Å². The van der Waals surface area contributed by atoms with Crippen molar-refractivity contribution in [2.24, 2.45) is 0 Å². The van der Waals surface area contributed by atoms with Gasteiger partial charge < -0.3 is 47.7 Å². The molecule has 6 aromatic carbocycles. The Labute approximate surface area is 495 Å². The van der Waals surface area contributed by atoms with E-state index in [0.717, 1.165) is 67.5 Å². The van der Waals surface area contributed by atoms with Gasteiger partial charge in [0.1, 0.15) is 26.4 Å². The first kappa shape index (κ1) is 64.5. The van der Waals surface area contributed by atoms with Gasteiger partial charge in [0.25, 0.3) is 0 Å². The molecule has 14 nitrogen and oxygen atoms in total. The molecule has 0 bridgehead atoms. The summed E-state index contributed by atoms with van der Waals surface area (Å²) in [6.07, 6.45) is 7.01. The summed E-state index contributed by atoms with van der Waals surface area (Å²) in [6.45, 7) is 24.8. The quantitative estimate of drug-likeness (QED) is 0.0121. The van der Waals surface area contributed by atoms with E-state index in [-0.39, 0.29) is 26.4 Å². The smallest absolute Gasteiger partial charge is 0.333 e. The molecule has 0 aromatic heterocycles. The summed E-state index contributed by atoms with van der Waals surface area (Å²) >= 11 is 0. The van der Waals surface area contributed by atoms with Gasteiger partial charge in [-0.05, 0) is 160 Å². The van der Waals surface area contributed by atoms with E-state index in [9.17, 15) is 19.2 Å². The molecule has 440 valence electrons. The van der Waals surface area contributed by atoms with E-state index in [1.807, 2.05) is 0 Å². The highest BCUT2D eigenvalue weighted by atomic mass is 16.6. The Morgan fingerprint density at radius 1 is 0.298 bits per heavy atom. The number of benzene rings is 6. The van der Waals surface area contributed by atoms with Crippen molar-refractivity contribution < 1.29 is 57.1 Å². The van der Waals surface area contributed by atoms with Crippen molar-refractivity contribution in [1.82, 2.24) is 0 Å². The van der Waals surface area contributed by atoms with Crippen molar-refractivity contribution in [2.75, 3.05) is 89.1 Å². The lowest BCUT2D eigenvalue weighted by Gasteiger charge is -2.26. The van der Waals surface area contributed by atoms with Gasteiger partial charge in [0, 0.05) is 56.4 Å². The summed E-state index contributed by atoms with van der Waals surface area (Å²) in [6, 6.07) is 50.6. The molecule has 6 aromatic rings. The van der Waals surface area contributed by atoms with Crippen molar-refractivity contribution in [3.8, 4) is 0 Å². The fourth-order valence-corrected chi connectivity index (χ4v) is 8.24. The third-order valence-corrected chi connectivity index (χ3v) is 12.9. The van der Waals surface area contributed by atoms with Gasteiger partial charge in [-0.1, -0.05) is 111 Å². The van der Waals surface area contributed by atoms with Crippen LogP contribution in [0.2, 0.25) is 0 Å². The maximum absolute atomic E-state index is 11.7. The molecule has 0 fully saturated rings. The van der Waals surface area contributed by atoms with E-state index in [1.54, 1.807) is 27.7 Å². The molecule has 14 heteroatoms. The molecule has 0 aliphatic carbocycles. The number of anilines is 6. The highest BCUT2D eigenvalue weighted by molar-refractivity contribution is 5.88. The van der Waals surface area contributed by atoms with Crippen LogP contribution in [-0.2, 0) is 82.8 Å². The first-order chi connectivity index (χ1) is 40.6. The number of rotatable bonds is 36. The van der Waals surface area contributed by atoms with Crippen molar-refractivity contribution >= 4 is 70.2 Å². The Balaban J connectivity index is 1.14. The van der Waals surface area contributed by atoms with Gasteiger partial charge in [0.15, 0.2) is 0 Å². The zero-order valence-electron chi connectivity index (χ0n) is 48.9. The lowest BCUT2D eigenvalue weighted by Crippen LogP contribution is -2.12. The molecular weight excluding hydrogens is 1060 g/mol. The molecular formula is C70H78N2O12. The molecule has 84 heavy (non-hydrogen) atoms. The summed E-state index contributed by atoms with van der Waals surface area (Å²) in [7, 11) is 0. The number of esters is 4. The monoisotopic (exact) mass is 1140 g/mol. The van der Waals surface area contributed by atoms with Crippen molar-refractivity contribution in [2.45, 2.75) is 53.4 Å². The summed E-state index contributed by atoms with van der Waals surface area (Å²) in [5.41, 5.74) is 13.9. The van der Waals surface area contributed by atoms with Gasteiger partial charge in [0.05, 0.1) is 52.9 Å². The second kappa shape index (κ2) is 34.7. The first-order valence-electron chi connectivity index (χ1n) is 28.1. The van der Waals surface area contributed by atoms with Crippen LogP contribution < -0.4 is 9.80 Å². The Kier molecular flexibility index (Phi) is 26.7. The number of hydrogen-bond acceptors (Lipinski definition) is 14. The van der Waals surface area contributed by atoms with Crippen LogP contribution in [0.4, 0.5) is 34.1 Å². The van der Waals surface area contributed by atoms with Crippen molar-refractivity contribution in [3.63, 3.8) is 0 Å². The fourth-order valence-electron chi connectivity index (χ4n) is 8.24. The van der Waals surface area contributed by atoms with Gasteiger partial charge in [-0.15, -0.1) is 0 Å². The summed E-state index contributed by atoms with van der Waals surface area (Å²) in [5.74, 6) is -1.69. The Bertz CT molecular complexity index is 2760. The van der Waals surface area contributed by atoms with E-state index in [0.29, 0.717) is 101 Å². The summed E-state index contributed by atoms with van der Waals surface area (Å²) in [4.78, 5) is 51.2. The average molecular weight is 1140 g/mol. The number of carbonyl (C=O) groups excluding carboxylic acids is 4. The van der Waals surface area contributed by atoms with Crippen LogP contribution in [0.25, 0.3) is 12.2 Å². The van der Waals surface area contributed by atoms with Crippen LogP contribution in [0, 0.1) is 0 Å². The zero-order valence-corrected chi connectivity index (χ0v) is 48.9. The predicted octanol–water partition coefficient (Wildman–Crippen LogP) is 13.5. The van der Waals surface area contributed by atoms with Crippen molar-refractivity contribution in [1.29, 1.82) is 0 Å². The van der Waals surface area contributed by atoms with Crippen LogP contribution >= 0.6 is 0 Å². The summed E-state index contributed by atoms with van der Waals surface area (Å²) in [5, 5.41) is 0. The van der Waals surface area contributed by atoms with Crippen molar-refractivity contribution in [3.05, 3.63) is 228 Å². The standard InChI is InChI=1S/C70H78N2O12/c1-51(2)67(73)81-47-43-77-39-35-57-15-27-63(28-16-57)71(64-29-17-58(18-30-64)36-40-78-44-48-82-68(74)52(3)4)61-23-11-55(12-24-61)9-10-56-13-25-62(26-14-56)72(65-31-19-59(20-32-65)37-41-79-45-49-83-69(75)53(5)6)66-33-21-60(22-34-66)38-42-80-46-50-84-70(76)54(7)8/h9-34H,1,3,5,7,35-50H2,2,4,6,8H3/b10-9+. The minimum atomic E-state index is -0.423. The van der Waals surface area contributed by atoms with E-state index in [1.165, 1.54) is 0 Å². The molecule has 0 radical (unpaired) electrons. The lowest BCUT2D eigenvalue weighted by atomic mass is 10.1. The number of nitrogens with zero attached hydrogens (tertiary/aromatic N) is 2. The first-order valence-corrected chi connectivity index (χ1v) is 28.1. The second-order valence-corrected chi connectivity index (χ2v) is 20.0. The molecule has 0 aliphatic heterocycles. The highest BCUT2D eigenvalue weighted by Gasteiger charge is 2.16. The van der Waals surface area contributed by atoms with Crippen LogP contribution in [0.5, 0.6) is 0 Å². The van der Waals surface area contributed by atoms with E-state index < -0.39 is 23.9 Å². The minimum Gasteiger partial charge on any atom is -0.460 e. The van der Waals surface area contributed by atoms with Gasteiger partial charge in [-0.3, -0.25) is 0 Å². The molecule has 0 saturated carbocycles. The number of carbonyl (C=O) groups is 4. The Hall–Kier alpha value is -8.66. The van der Waals surface area contributed by atoms with Crippen LogP contribution in [-0.4, -0.2) is 103 Å². The Morgan fingerprint density at radius 3 is 0.679 bits per heavy atom. The molecule has 0 spiro atoms. The fraction of sp³-hybridized carbons (Fsp3) is 0.286. The van der Waals surface area contributed by atoms with Crippen LogP contribution in [0.1, 0.15) is 61.1 Å². The zero-order chi connectivity index (χ0) is 60.1. The topological polar surface area (TPSA) is 149 Å². The molecule has 0 unspecified atom stereocenters. The third-order valence-electron chi connectivity index (χ3n) is 12.9. The van der Waals surface area contributed by atoms with Crippen LogP contribution in [0.3, 0.4) is 0 Å². The van der Waals surface area contributed by atoms with E-state index >= 15 is 0 Å². The molecule has 0 atom stereocenters. The molecule has 0 aliphatic rings. The number of hydrogen-bond donors (Lipinski definition) is 0. The lowest BCUT2D eigenvalue weighted by molar-refractivity contribution is -0.141. The maximum atomic E-state index is 11.7. The van der Waals surface area contributed by atoms with Gasteiger partial charge >= 0.3 is 23.9 Å². The van der Waals surface area contributed by atoms with E-state index in [4.69, 9.17) is 37.9 Å². The molecule has 6 rings (SSSR count). The normalized spacial score (nSPS) is 11.0. The third kappa shape index (κ3) is 21.9. The molecule has 0 heterocycles.